The maximum Gasteiger partial charge on any atom is 0.249 e. The van der Waals surface area contributed by atoms with E-state index in [0.29, 0.717) is 6.54 Å². The van der Waals surface area contributed by atoms with Crippen molar-refractivity contribution >= 4 is 29.2 Å². The Morgan fingerprint density at radius 3 is 2.59 bits per heavy atom. The van der Waals surface area contributed by atoms with Crippen LogP contribution in [0.1, 0.15) is 38.4 Å². The van der Waals surface area contributed by atoms with E-state index in [1.165, 1.54) is 11.0 Å². The lowest BCUT2D eigenvalue weighted by Gasteiger charge is -2.31. The van der Waals surface area contributed by atoms with E-state index in [0.717, 1.165) is 21.7 Å². The molecule has 1 aliphatic rings. The van der Waals surface area contributed by atoms with Crippen LogP contribution in [0.25, 0.3) is 10.4 Å². The van der Waals surface area contributed by atoms with Gasteiger partial charge in [0.25, 0.3) is 0 Å². The number of β-amino-alcohol motifs (C(OH)–C–C–N with tert-alkyl or cyclic N) is 1. The van der Waals surface area contributed by atoms with Crippen molar-refractivity contribution in [2.24, 2.45) is 10.4 Å². The monoisotopic (exact) mass is 456 g/mol. The van der Waals surface area contributed by atoms with Crippen LogP contribution in [0.3, 0.4) is 0 Å². The third kappa shape index (κ3) is 5.30. The summed E-state index contributed by atoms with van der Waals surface area (Å²) in [7, 11) is 0. The summed E-state index contributed by atoms with van der Waals surface area (Å²) in [5, 5.41) is 13.0. The van der Waals surface area contributed by atoms with Crippen molar-refractivity contribution in [3.63, 3.8) is 0 Å². The molecule has 3 rings (SSSR count). The summed E-state index contributed by atoms with van der Waals surface area (Å²) >= 11 is 1.58. The SMILES string of the molecule is Cc1ncsc1-c1ccc(CNC(=O)[C@@H]2C[C@@H](O)CN2C(=O)C(N=C=O)C(C)(C)C)cc1. The van der Waals surface area contributed by atoms with Crippen LogP contribution in [0.5, 0.6) is 0 Å². The number of aromatic nitrogens is 1. The molecule has 1 saturated heterocycles. The van der Waals surface area contributed by atoms with E-state index in [1.807, 2.05) is 36.7 Å². The Kier molecular flexibility index (Phi) is 7.23. The van der Waals surface area contributed by atoms with Crippen LogP contribution < -0.4 is 5.32 Å². The molecule has 2 amide bonds. The molecule has 2 aromatic rings. The van der Waals surface area contributed by atoms with Gasteiger partial charge in [-0.25, -0.2) is 9.78 Å². The van der Waals surface area contributed by atoms with Crippen LogP contribution >= 0.6 is 11.3 Å². The number of aryl methyl sites for hydroxylation is 1. The zero-order valence-corrected chi connectivity index (χ0v) is 19.5. The lowest BCUT2D eigenvalue weighted by atomic mass is 9.86. The number of aliphatic imine (C=N–C) groups is 1. The van der Waals surface area contributed by atoms with E-state index in [4.69, 9.17) is 0 Å². The van der Waals surface area contributed by atoms with Gasteiger partial charge in [-0.05, 0) is 23.5 Å². The first-order valence-electron chi connectivity index (χ1n) is 10.4. The van der Waals surface area contributed by atoms with Gasteiger partial charge in [-0.15, -0.1) is 11.3 Å². The number of nitrogens with zero attached hydrogens (tertiary/aromatic N) is 3. The molecule has 32 heavy (non-hydrogen) atoms. The van der Waals surface area contributed by atoms with Crippen LogP contribution in [0.4, 0.5) is 0 Å². The van der Waals surface area contributed by atoms with E-state index >= 15 is 0 Å². The number of amides is 2. The lowest BCUT2D eigenvalue weighted by molar-refractivity contribution is -0.141. The van der Waals surface area contributed by atoms with Crippen molar-refractivity contribution in [1.29, 1.82) is 0 Å². The van der Waals surface area contributed by atoms with Crippen molar-refractivity contribution in [3.8, 4) is 10.4 Å². The first kappa shape index (κ1) is 23.8. The molecule has 170 valence electrons. The van der Waals surface area contributed by atoms with Crippen LogP contribution in [0.15, 0.2) is 34.8 Å². The zero-order chi connectivity index (χ0) is 23.5. The fourth-order valence-corrected chi connectivity index (χ4v) is 4.61. The average Bonchev–Trinajstić information content (AvgIpc) is 3.35. The molecule has 2 N–H and O–H groups in total. The van der Waals surface area contributed by atoms with E-state index < -0.39 is 29.5 Å². The van der Waals surface area contributed by atoms with Crippen LogP contribution in [-0.2, 0) is 20.9 Å². The number of likely N-dealkylation sites (tertiary alicyclic amines) is 1. The number of aliphatic hydroxyl groups excluding tert-OH is 1. The highest BCUT2D eigenvalue weighted by Gasteiger charge is 2.44. The Labute approximate surface area is 191 Å². The van der Waals surface area contributed by atoms with Crippen molar-refractivity contribution in [1.82, 2.24) is 15.2 Å². The minimum absolute atomic E-state index is 0.0285. The number of isocyanates is 1. The molecule has 9 heteroatoms. The predicted octanol–water partition coefficient (Wildman–Crippen LogP) is 2.45. The summed E-state index contributed by atoms with van der Waals surface area (Å²) in [5.74, 6) is -0.804. The number of aliphatic hydroxyl groups is 1. The van der Waals surface area contributed by atoms with Gasteiger partial charge in [-0.1, -0.05) is 45.0 Å². The van der Waals surface area contributed by atoms with Crippen molar-refractivity contribution < 1.29 is 19.5 Å². The molecule has 0 radical (unpaired) electrons. The second kappa shape index (κ2) is 9.73. The summed E-state index contributed by atoms with van der Waals surface area (Å²) in [6.07, 6.45) is 0.794. The third-order valence-corrected chi connectivity index (χ3v) is 6.51. The third-order valence-electron chi connectivity index (χ3n) is 5.53. The summed E-state index contributed by atoms with van der Waals surface area (Å²) in [6.45, 7) is 7.65. The quantitative estimate of drug-likeness (QED) is 0.512. The summed E-state index contributed by atoms with van der Waals surface area (Å²) in [5.41, 5.74) is 4.15. The lowest BCUT2D eigenvalue weighted by Crippen LogP contribution is -2.51. The molecule has 1 unspecified atom stereocenters. The van der Waals surface area contributed by atoms with Crippen molar-refractivity contribution in [3.05, 3.63) is 41.0 Å². The Hall–Kier alpha value is -2.87. The van der Waals surface area contributed by atoms with Crippen molar-refractivity contribution in [2.75, 3.05) is 6.54 Å². The predicted molar refractivity (Wildman–Crippen MR) is 122 cm³/mol. The minimum Gasteiger partial charge on any atom is -0.391 e. The Morgan fingerprint density at radius 2 is 2.03 bits per heavy atom. The number of benzene rings is 1. The van der Waals surface area contributed by atoms with Gasteiger partial charge >= 0.3 is 0 Å². The van der Waals surface area contributed by atoms with Gasteiger partial charge in [-0.3, -0.25) is 9.59 Å². The van der Waals surface area contributed by atoms with Gasteiger partial charge in [0.15, 0.2) is 0 Å². The molecule has 1 fully saturated rings. The van der Waals surface area contributed by atoms with E-state index in [-0.39, 0.29) is 18.9 Å². The summed E-state index contributed by atoms with van der Waals surface area (Å²) in [6, 6.07) is 6.07. The van der Waals surface area contributed by atoms with E-state index in [2.05, 4.69) is 15.3 Å². The fourth-order valence-electron chi connectivity index (χ4n) is 3.79. The molecular formula is C23H28N4O4S. The first-order chi connectivity index (χ1) is 15.1. The molecule has 0 spiro atoms. The molecule has 1 aliphatic heterocycles. The fraction of sp³-hybridized carbons (Fsp3) is 0.478. The number of hydrogen-bond acceptors (Lipinski definition) is 7. The Morgan fingerprint density at radius 1 is 1.34 bits per heavy atom. The summed E-state index contributed by atoms with van der Waals surface area (Å²) in [4.78, 5) is 47.2. The van der Waals surface area contributed by atoms with E-state index in [1.54, 1.807) is 32.1 Å². The smallest absolute Gasteiger partial charge is 0.249 e. The number of hydrogen-bond donors (Lipinski definition) is 2. The van der Waals surface area contributed by atoms with E-state index in [9.17, 15) is 19.5 Å². The van der Waals surface area contributed by atoms with Crippen LogP contribution in [-0.4, -0.2) is 57.6 Å². The molecule has 0 bridgehead atoms. The van der Waals surface area contributed by atoms with Crippen molar-refractivity contribution in [2.45, 2.75) is 58.8 Å². The van der Waals surface area contributed by atoms with Crippen LogP contribution in [0.2, 0.25) is 0 Å². The maximum absolute atomic E-state index is 13.1. The number of thiazole rings is 1. The molecule has 0 saturated carbocycles. The largest absolute Gasteiger partial charge is 0.391 e. The topological polar surface area (TPSA) is 112 Å². The molecule has 2 heterocycles. The molecule has 1 aromatic heterocycles. The van der Waals surface area contributed by atoms with Crippen LogP contribution in [0, 0.1) is 12.3 Å². The number of nitrogens with one attached hydrogen (secondary N) is 1. The number of rotatable bonds is 6. The zero-order valence-electron chi connectivity index (χ0n) is 18.7. The Bertz CT molecular complexity index is 1020. The molecular weight excluding hydrogens is 428 g/mol. The van der Waals surface area contributed by atoms with Gasteiger partial charge in [0, 0.05) is 19.5 Å². The molecule has 0 aliphatic carbocycles. The molecule has 8 nitrogen and oxygen atoms in total. The average molecular weight is 457 g/mol. The molecule has 1 aromatic carbocycles. The maximum atomic E-state index is 13.1. The number of carbonyl (C=O) groups excluding carboxylic acids is 3. The highest BCUT2D eigenvalue weighted by Crippen LogP contribution is 2.29. The van der Waals surface area contributed by atoms with Gasteiger partial charge in [0.05, 0.1) is 22.2 Å². The second-order valence-corrected chi connectivity index (χ2v) is 9.92. The number of carbonyl (C=O) groups is 2. The van der Waals surface area contributed by atoms with Gasteiger partial charge in [-0.2, -0.15) is 4.99 Å². The van der Waals surface area contributed by atoms with Gasteiger partial charge < -0.3 is 15.3 Å². The highest BCUT2D eigenvalue weighted by molar-refractivity contribution is 7.13. The first-order valence-corrected chi connectivity index (χ1v) is 11.3. The normalized spacial score (nSPS) is 19.3. The summed E-state index contributed by atoms with van der Waals surface area (Å²) < 4.78 is 0. The second-order valence-electron chi connectivity index (χ2n) is 9.07. The standard InChI is InChI=1S/C23H28N4O4S/c1-14-19(32-13-26-14)16-7-5-15(6-8-16)10-24-21(30)18-9-17(29)11-27(18)22(31)20(25-12-28)23(2,3)4/h5-8,13,17-18,20,29H,9-11H2,1-4H3,(H,24,30)/t17-,18+,20?/m1/s1. The Balaban J connectivity index is 1.67. The van der Waals surface area contributed by atoms with Gasteiger partial charge in [0.1, 0.15) is 12.1 Å². The molecule has 3 atom stereocenters. The minimum atomic E-state index is -0.969. The van der Waals surface area contributed by atoms with Gasteiger partial charge in [0.2, 0.25) is 17.9 Å². The highest BCUT2D eigenvalue weighted by atomic mass is 32.1.